The van der Waals surface area contributed by atoms with Crippen LogP contribution >= 0.6 is 15.9 Å². The topological polar surface area (TPSA) is 0 Å². The van der Waals surface area contributed by atoms with E-state index in [4.69, 9.17) is 0 Å². The number of hydrogen-bond donors (Lipinski definition) is 0. The lowest BCUT2D eigenvalue weighted by molar-refractivity contribution is -0.138. The largest absolute Gasteiger partial charge is 0.401 e. The molecule has 1 saturated carbocycles. The summed E-state index contributed by atoms with van der Waals surface area (Å²) in [7, 11) is 0. The van der Waals surface area contributed by atoms with E-state index in [1.165, 1.54) is 0 Å². The summed E-state index contributed by atoms with van der Waals surface area (Å²) in [6.45, 7) is 0. The molecule has 0 aromatic rings. The highest BCUT2D eigenvalue weighted by molar-refractivity contribution is 9.09. The molecule has 4 heteroatoms. The number of rotatable bonds is 1. The predicted octanol–water partition coefficient (Wildman–Crippen LogP) is 3.89. The zero-order valence-corrected chi connectivity index (χ0v) is 8.29. The summed E-state index contributed by atoms with van der Waals surface area (Å²) in [5, 5.41) is 0. The maximum absolute atomic E-state index is 12.2. The standard InChI is InChI=1S/C8H12BrF3/c9-7(8(10,11)12)6-4-2-1-3-5-6/h6-7H,1-5H2/t7-/m0/s1. The van der Waals surface area contributed by atoms with Crippen LogP contribution in [-0.4, -0.2) is 11.0 Å². The molecule has 0 bridgehead atoms. The van der Waals surface area contributed by atoms with Gasteiger partial charge in [0.25, 0.3) is 0 Å². The van der Waals surface area contributed by atoms with E-state index in [0.29, 0.717) is 0 Å². The Balaban J connectivity index is 2.45. The molecule has 72 valence electrons. The van der Waals surface area contributed by atoms with Crippen molar-refractivity contribution < 1.29 is 13.2 Å². The zero-order chi connectivity index (χ0) is 9.19. The average Bonchev–Trinajstić information content (AvgIpc) is 2.03. The third kappa shape index (κ3) is 2.64. The third-order valence-corrected chi connectivity index (χ3v) is 3.64. The molecule has 0 radical (unpaired) electrons. The second-order valence-corrected chi connectivity index (χ2v) is 4.33. The van der Waals surface area contributed by atoms with Crippen molar-refractivity contribution >= 4 is 15.9 Å². The van der Waals surface area contributed by atoms with E-state index in [0.717, 1.165) is 32.1 Å². The summed E-state index contributed by atoms with van der Waals surface area (Å²) >= 11 is 2.73. The van der Waals surface area contributed by atoms with Gasteiger partial charge >= 0.3 is 6.18 Å². The molecule has 0 unspecified atom stereocenters. The first-order chi connectivity index (χ1) is 5.52. The fourth-order valence-electron chi connectivity index (χ4n) is 1.69. The quantitative estimate of drug-likeness (QED) is 0.614. The van der Waals surface area contributed by atoms with E-state index in [1.807, 2.05) is 0 Å². The van der Waals surface area contributed by atoms with Gasteiger partial charge in [-0.2, -0.15) is 13.2 Å². The predicted molar refractivity (Wildman–Crippen MR) is 45.3 cm³/mol. The van der Waals surface area contributed by atoms with Gasteiger partial charge in [-0.25, -0.2) is 0 Å². The van der Waals surface area contributed by atoms with Crippen LogP contribution in [0.3, 0.4) is 0 Å². The van der Waals surface area contributed by atoms with E-state index < -0.39 is 11.0 Å². The molecule has 1 fully saturated rings. The van der Waals surface area contributed by atoms with E-state index in [1.54, 1.807) is 0 Å². The second kappa shape index (κ2) is 3.99. The Morgan fingerprint density at radius 3 is 2.00 bits per heavy atom. The molecule has 0 saturated heterocycles. The van der Waals surface area contributed by atoms with Gasteiger partial charge in [0.15, 0.2) is 0 Å². The zero-order valence-electron chi connectivity index (χ0n) is 6.70. The fourth-order valence-corrected chi connectivity index (χ4v) is 2.22. The first-order valence-corrected chi connectivity index (χ1v) is 5.14. The molecule has 0 aromatic carbocycles. The van der Waals surface area contributed by atoms with Crippen molar-refractivity contribution in [1.82, 2.24) is 0 Å². The van der Waals surface area contributed by atoms with Crippen LogP contribution in [0.15, 0.2) is 0 Å². The van der Waals surface area contributed by atoms with Crippen molar-refractivity contribution in [3.8, 4) is 0 Å². The fraction of sp³-hybridized carbons (Fsp3) is 1.00. The molecule has 0 heterocycles. The van der Waals surface area contributed by atoms with Gasteiger partial charge in [-0.1, -0.05) is 35.2 Å². The lowest BCUT2D eigenvalue weighted by Gasteiger charge is -2.27. The van der Waals surface area contributed by atoms with E-state index in [9.17, 15) is 13.2 Å². The van der Waals surface area contributed by atoms with Gasteiger partial charge in [-0.3, -0.25) is 0 Å². The van der Waals surface area contributed by atoms with Crippen LogP contribution in [0.5, 0.6) is 0 Å². The van der Waals surface area contributed by atoms with E-state index >= 15 is 0 Å². The van der Waals surface area contributed by atoms with Gasteiger partial charge < -0.3 is 0 Å². The maximum Gasteiger partial charge on any atom is 0.401 e. The summed E-state index contributed by atoms with van der Waals surface area (Å²) in [6.07, 6.45) is 0.354. The lowest BCUT2D eigenvalue weighted by atomic mass is 9.87. The van der Waals surface area contributed by atoms with Crippen molar-refractivity contribution in [2.24, 2.45) is 5.92 Å². The Bertz CT molecular complexity index is 138. The van der Waals surface area contributed by atoms with Crippen LogP contribution in [0, 0.1) is 5.92 Å². The first kappa shape index (κ1) is 10.4. The summed E-state index contributed by atoms with van der Waals surface area (Å²) in [6, 6.07) is 0. The Hall–Kier alpha value is 0.270. The van der Waals surface area contributed by atoms with Crippen molar-refractivity contribution in [2.75, 3.05) is 0 Å². The second-order valence-electron chi connectivity index (χ2n) is 3.34. The summed E-state index contributed by atoms with van der Waals surface area (Å²) in [5.74, 6) is -0.196. The van der Waals surface area contributed by atoms with Crippen LogP contribution in [0.4, 0.5) is 13.2 Å². The number of alkyl halides is 4. The molecule has 0 spiro atoms. The van der Waals surface area contributed by atoms with Gasteiger partial charge in [-0.05, 0) is 18.8 Å². The molecule has 0 nitrogen and oxygen atoms in total. The molecule has 12 heavy (non-hydrogen) atoms. The van der Waals surface area contributed by atoms with Crippen molar-refractivity contribution in [1.29, 1.82) is 0 Å². The monoisotopic (exact) mass is 244 g/mol. The van der Waals surface area contributed by atoms with Gasteiger partial charge in [0, 0.05) is 0 Å². The average molecular weight is 245 g/mol. The molecule has 1 aliphatic rings. The SMILES string of the molecule is FC(F)(F)[C@@H](Br)C1CCCCC1. The normalized spacial score (nSPS) is 24.0. The highest BCUT2D eigenvalue weighted by Gasteiger charge is 2.42. The van der Waals surface area contributed by atoms with E-state index in [-0.39, 0.29) is 5.92 Å². The third-order valence-electron chi connectivity index (χ3n) is 2.38. The van der Waals surface area contributed by atoms with Crippen LogP contribution in [0.2, 0.25) is 0 Å². The van der Waals surface area contributed by atoms with Gasteiger partial charge in [0.1, 0.15) is 4.83 Å². The molecule has 1 atom stereocenters. The van der Waals surface area contributed by atoms with Gasteiger partial charge in [0.2, 0.25) is 0 Å². The molecule has 0 aromatic heterocycles. The molecule has 0 aliphatic heterocycles. The van der Waals surface area contributed by atoms with Crippen LogP contribution in [-0.2, 0) is 0 Å². The van der Waals surface area contributed by atoms with Crippen LogP contribution < -0.4 is 0 Å². The smallest absolute Gasteiger partial charge is 0.170 e. The molecule has 1 aliphatic carbocycles. The van der Waals surface area contributed by atoms with Crippen molar-refractivity contribution in [3.05, 3.63) is 0 Å². The minimum Gasteiger partial charge on any atom is -0.170 e. The van der Waals surface area contributed by atoms with Crippen molar-refractivity contribution in [3.63, 3.8) is 0 Å². The molecular formula is C8H12BrF3. The molecule has 0 N–H and O–H groups in total. The number of hydrogen-bond acceptors (Lipinski definition) is 0. The number of halogens is 4. The Kier molecular flexibility index (Phi) is 3.44. The van der Waals surface area contributed by atoms with E-state index in [2.05, 4.69) is 15.9 Å². The van der Waals surface area contributed by atoms with Gasteiger partial charge in [-0.15, -0.1) is 0 Å². The first-order valence-electron chi connectivity index (χ1n) is 4.22. The Morgan fingerprint density at radius 2 is 1.58 bits per heavy atom. The summed E-state index contributed by atoms with van der Waals surface area (Å²) in [4.78, 5) is -1.29. The van der Waals surface area contributed by atoms with Crippen molar-refractivity contribution in [2.45, 2.75) is 43.1 Å². The van der Waals surface area contributed by atoms with Crippen LogP contribution in [0.1, 0.15) is 32.1 Å². The summed E-state index contributed by atoms with van der Waals surface area (Å²) < 4.78 is 36.6. The Morgan fingerprint density at radius 1 is 1.08 bits per heavy atom. The summed E-state index contributed by atoms with van der Waals surface area (Å²) in [5.41, 5.74) is 0. The minimum absolute atomic E-state index is 0.196. The molecule has 0 amide bonds. The lowest BCUT2D eigenvalue weighted by Crippen LogP contribution is -2.31. The maximum atomic E-state index is 12.2. The van der Waals surface area contributed by atoms with Crippen LogP contribution in [0.25, 0.3) is 0 Å². The molecular weight excluding hydrogens is 233 g/mol. The highest BCUT2D eigenvalue weighted by Crippen LogP contribution is 2.38. The molecule has 1 rings (SSSR count). The highest BCUT2D eigenvalue weighted by atomic mass is 79.9. The minimum atomic E-state index is -4.07. The Labute approximate surface area is 78.7 Å². The van der Waals surface area contributed by atoms with Gasteiger partial charge in [0.05, 0.1) is 0 Å².